The first-order valence-electron chi connectivity index (χ1n) is 11.1. The van der Waals surface area contributed by atoms with Gasteiger partial charge in [0.05, 0.1) is 25.8 Å². The number of carbonyl (C=O) groups is 2. The van der Waals surface area contributed by atoms with E-state index in [0.717, 1.165) is 0 Å². The Morgan fingerprint density at radius 1 is 1.21 bits per heavy atom. The maximum Gasteiger partial charge on any atom is 0.412 e. The average Bonchev–Trinajstić information content (AvgIpc) is 3.26. The molecule has 1 amide bonds. The lowest BCUT2D eigenvalue weighted by atomic mass is 10.2. The third-order valence-corrected chi connectivity index (χ3v) is 4.99. The van der Waals surface area contributed by atoms with E-state index in [1.807, 2.05) is 65.0 Å². The first-order valence-corrected chi connectivity index (χ1v) is 11.1. The minimum atomic E-state index is -0.858. The van der Waals surface area contributed by atoms with Gasteiger partial charge in [-0.15, -0.1) is 0 Å². The van der Waals surface area contributed by atoms with Gasteiger partial charge in [0.25, 0.3) is 0 Å². The van der Waals surface area contributed by atoms with E-state index < -0.39 is 23.4 Å². The topological polar surface area (TPSA) is 92.1 Å². The number of esters is 1. The molecule has 1 unspecified atom stereocenters. The Morgan fingerprint density at radius 2 is 1.91 bits per heavy atom. The fraction of sp³-hybridized carbons (Fsp3) is 0.542. The van der Waals surface area contributed by atoms with Crippen LogP contribution in [-0.4, -0.2) is 57.3 Å². The Hall–Kier alpha value is -3.07. The molecule has 9 nitrogen and oxygen atoms in total. The number of amides is 1. The maximum atomic E-state index is 12.9. The van der Waals surface area contributed by atoms with Crippen molar-refractivity contribution in [3.8, 4) is 5.75 Å². The highest BCUT2D eigenvalue weighted by Gasteiger charge is 2.46. The zero-order valence-electron chi connectivity index (χ0n) is 20.2. The van der Waals surface area contributed by atoms with E-state index in [9.17, 15) is 9.59 Å². The van der Waals surface area contributed by atoms with Crippen LogP contribution in [-0.2, 0) is 27.4 Å². The molecule has 2 heterocycles. The molecular formula is C24H33N3O6. The van der Waals surface area contributed by atoms with Gasteiger partial charge in [-0.1, -0.05) is 18.2 Å². The molecule has 1 aliphatic rings. The summed E-state index contributed by atoms with van der Waals surface area (Å²) in [6.07, 6.45) is -0.479. The van der Waals surface area contributed by atoms with Crippen molar-refractivity contribution in [1.29, 1.82) is 0 Å². The minimum absolute atomic E-state index is 0.186. The number of para-hydroxylation sites is 1. The second kappa shape index (κ2) is 9.82. The molecule has 180 valence electrons. The smallest absolute Gasteiger partial charge is 0.412 e. The van der Waals surface area contributed by atoms with Gasteiger partial charge in [0, 0.05) is 0 Å². The third kappa shape index (κ3) is 6.25. The fourth-order valence-electron chi connectivity index (χ4n) is 3.62. The first kappa shape index (κ1) is 24.6. The lowest BCUT2D eigenvalue weighted by Crippen LogP contribution is -2.51. The Labute approximate surface area is 194 Å². The quantitative estimate of drug-likeness (QED) is 0.578. The van der Waals surface area contributed by atoms with E-state index in [2.05, 4.69) is 5.10 Å². The number of carbonyl (C=O) groups excluding carboxylic acids is 2. The van der Waals surface area contributed by atoms with Crippen LogP contribution in [0, 0.1) is 0 Å². The summed E-state index contributed by atoms with van der Waals surface area (Å²) in [6, 6.07) is 10.6. The molecule has 1 atom stereocenters. The van der Waals surface area contributed by atoms with Crippen LogP contribution in [0.4, 0.5) is 4.79 Å². The van der Waals surface area contributed by atoms with Gasteiger partial charge in [-0.2, -0.15) is 5.10 Å². The fourth-order valence-corrected chi connectivity index (χ4v) is 3.62. The molecule has 1 aromatic heterocycles. The van der Waals surface area contributed by atoms with Crippen LogP contribution in [0.15, 0.2) is 36.4 Å². The molecule has 0 bridgehead atoms. The summed E-state index contributed by atoms with van der Waals surface area (Å²) in [4.78, 5) is 27.1. The van der Waals surface area contributed by atoms with Crippen molar-refractivity contribution < 1.29 is 28.5 Å². The van der Waals surface area contributed by atoms with Gasteiger partial charge in [-0.25, -0.2) is 9.59 Å². The normalized spacial score (nSPS) is 17.6. The van der Waals surface area contributed by atoms with Gasteiger partial charge >= 0.3 is 12.1 Å². The molecule has 1 fully saturated rings. The number of ether oxygens (including phenoxy) is 4. The largest absolute Gasteiger partial charge is 0.487 e. The first-order chi connectivity index (χ1) is 15.5. The highest BCUT2D eigenvalue weighted by molar-refractivity contribution is 5.87. The van der Waals surface area contributed by atoms with Crippen molar-refractivity contribution >= 4 is 12.1 Å². The second-order valence-corrected chi connectivity index (χ2v) is 9.29. The number of rotatable bonds is 7. The van der Waals surface area contributed by atoms with E-state index in [-0.39, 0.29) is 38.1 Å². The average molecular weight is 460 g/mol. The number of aromatic nitrogens is 2. The highest BCUT2D eigenvalue weighted by atomic mass is 16.6. The van der Waals surface area contributed by atoms with Crippen LogP contribution in [0.2, 0.25) is 0 Å². The van der Waals surface area contributed by atoms with Crippen molar-refractivity contribution in [2.24, 2.45) is 0 Å². The number of hydrogen-bond donors (Lipinski definition) is 0. The van der Waals surface area contributed by atoms with Gasteiger partial charge in [0.2, 0.25) is 0 Å². The van der Waals surface area contributed by atoms with E-state index in [1.165, 1.54) is 0 Å². The standard InChI is InChI=1S/C24H33N3O6/c1-7-30-21(28)20-13-17(15-31-19-11-9-8-10-12-19)25-26(20)14-18-16-32-24(5,6)27(18)22(29)33-23(2,3)4/h8-13,18H,7,14-16H2,1-6H3. The lowest BCUT2D eigenvalue weighted by Gasteiger charge is -2.35. The van der Waals surface area contributed by atoms with E-state index in [1.54, 1.807) is 22.6 Å². The molecular weight excluding hydrogens is 426 g/mol. The summed E-state index contributed by atoms with van der Waals surface area (Å²) in [5.74, 6) is 0.213. The molecule has 1 saturated heterocycles. The summed E-state index contributed by atoms with van der Waals surface area (Å²) in [5, 5.41) is 4.56. The zero-order chi connectivity index (χ0) is 24.2. The Bertz CT molecular complexity index is 964. The summed E-state index contributed by atoms with van der Waals surface area (Å²) >= 11 is 0. The molecule has 1 aromatic carbocycles. The van der Waals surface area contributed by atoms with Gasteiger partial charge in [-0.05, 0) is 59.7 Å². The molecule has 0 spiro atoms. The highest BCUT2D eigenvalue weighted by Crippen LogP contribution is 2.30. The van der Waals surface area contributed by atoms with Crippen molar-refractivity contribution in [3.05, 3.63) is 47.8 Å². The van der Waals surface area contributed by atoms with Gasteiger partial charge in [-0.3, -0.25) is 9.58 Å². The van der Waals surface area contributed by atoms with Crippen LogP contribution in [0.1, 0.15) is 57.7 Å². The predicted molar refractivity (Wildman–Crippen MR) is 121 cm³/mol. The maximum absolute atomic E-state index is 12.9. The lowest BCUT2D eigenvalue weighted by molar-refractivity contribution is -0.0630. The monoisotopic (exact) mass is 459 g/mol. The number of nitrogens with zero attached hydrogens (tertiary/aromatic N) is 3. The van der Waals surface area contributed by atoms with Crippen LogP contribution < -0.4 is 4.74 Å². The molecule has 2 aromatic rings. The predicted octanol–water partition coefficient (Wildman–Crippen LogP) is 4.01. The van der Waals surface area contributed by atoms with Crippen LogP contribution in [0.25, 0.3) is 0 Å². The molecule has 1 aliphatic heterocycles. The third-order valence-electron chi connectivity index (χ3n) is 4.99. The van der Waals surface area contributed by atoms with Crippen molar-refractivity contribution in [2.45, 2.75) is 72.1 Å². The number of benzene rings is 1. The molecule has 3 rings (SSSR count). The van der Waals surface area contributed by atoms with Crippen LogP contribution in [0.5, 0.6) is 5.75 Å². The van der Waals surface area contributed by atoms with Crippen LogP contribution >= 0.6 is 0 Å². The summed E-state index contributed by atoms with van der Waals surface area (Å²) in [7, 11) is 0. The van der Waals surface area contributed by atoms with Gasteiger partial charge in [0.1, 0.15) is 35.1 Å². The van der Waals surface area contributed by atoms with Crippen LogP contribution in [0.3, 0.4) is 0 Å². The van der Waals surface area contributed by atoms with Gasteiger partial charge < -0.3 is 18.9 Å². The summed E-state index contributed by atoms with van der Waals surface area (Å²) in [5.41, 5.74) is -0.644. The minimum Gasteiger partial charge on any atom is -0.487 e. The zero-order valence-corrected chi connectivity index (χ0v) is 20.2. The summed E-state index contributed by atoms with van der Waals surface area (Å²) in [6.45, 7) is 11.8. The molecule has 0 radical (unpaired) electrons. The molecule has 0 saturated carbocycles. The van der Waals surface area contributed by atoms with Crippen molar-refractivity contribution in [3.63, 3.8) is 0 Å². The molecule has 0 aliphatic carbocycles. The number of hydrogen-bond acceptors (Lipinski definition) is 7. The van der Waals surface area contributed by atoms with Crippen molar-refractivity contribution in [2.75, 3.05) is 13.2 Å². The SMILES string of the molecule is CCOC(=O)c1cc(COc2ccccc2)nn1CC1COC(C)(C)N1C(=O)OC(C)(C)C. The van der Waals surface area contributed by atoms with Gasteiger partial charge in [0.15, 0.2) is 0 Å². The molecule has 33 heavy (non-hydrogen) atoms. The van der Waals surface area contributed by atoms with Crippen molar-refractivity contribution in [1.82, 2.24) is 14.7 Å². The summed E-state index contributed by atoms with van der Waals surface area (Å²) < 4.78 is 24.0. The van der Waals surface area contributed by atoms with E-state index in [4.69, 9.17) is 18.9 Å². The second-order valence-electron chi connectivity index (χ2n) is 9.29. The molecule has 0 N–H and O–H groups in total. The molecule has 9 heteroatoms. The van der Waals surface area contributed by atoms with E-state index in [0.29, 0.717) is 11.4 Å². The Balaban J connectivity index is 1.83. The van der Waals surface area contributed by atoms with E-state index >= 15 is 0 Å². The Kier molecular flexibility index (Phi) is 7.31. The Morgan fingerprint density at radius 3 is 2.55 bits per heavy atom.